The third-order valence-electron chi connectivity index (χ3n) is 3.48. The van der Waals surface area contributed by atoms with Crippen molar-refractivity contribution < 1.29 is 0 Å². The maximum absolute atomic E-state index is 6.09. The molecule has 0 radical (unpaired) electrons. The summed E-state index contributed by atoms with van der Waals surface area (Å²) in [6.07, 6.45) is 1.56. The van der Waals surface area contributed by atoms with Crippen molar-refractivity contribution in [1.29, 1.82) is 0 Å². The van der Waals surface area contributed by atoms with Crippen molar-refractivity contribution in [3.8, 4) is 0 Å². The molecule has 1 aromatic heterocycles. The first kappa shape index (κ1) is 18.6. The average molecular weight is 407 g/mol. The summed E-state index contributed by atoms with van der Waals surface area (Å²) < 4.78 is 1.36. The summed E-state index contributed by atoms with van der Waals surface area (Å²) in [5.74, 6) is 7.09. The van der Waals surface area contributed by atoms with Crippen LogP contribution in [0.5, 0.6) is 0 Å². The molecular formula is C17H16Cl2N6S. The van der Waals surface area contributed by atoms with Crippen LogP contribution in [-0.2, 0) is 5.75 Å². The van der Waals surface area contributed by atoms with Crippen LogP contribution in [-0.4, -0.2) is 21.1 Å². The first-order chi connectivity index (χ1) is 12.5. The number of nitrogen functional groups attached to an aromatic ring is 1. The highest BCUT2D eigenvalue weighted by Gasteiger charge is 2.09. The van der Waals surface area contributed by atoms with Gasteiger partial charge in [0.1, 0.15) is 0 Å². The fourth-order valence-corrected chi connectivity index (χ4v) is 3.32. The number of thioether (sulfide) groups is 1. The minimum absolute atomic E-state index is 0.331. The molecular weight excluding hydrogens is 391 g/mol. The van der Waals surface area contributed by atoms with Gasteiger partial charge >= 0.3 is 0 Å². The van der Waals surface area contributed by atoms with Crippen molar-refractivity contribution in [3.63, 3.8) is 0 Å². The van der Waals surface area contributed by atoms with Gasteiger partial charge in [0, 0.05) is 16.3 Å². The van der Waals surface area contributed by atoms with E-state index in [-0.39, 0.29) is 0 Å². The molecule has 0 aliphatic heterocycles. The second kappa shape index (κ2) is 8.44. The highest BCUT2D eigenvalue weighted by Crippen LogP contribution is 2.22. The van der Waals surface area contributed by atoms with Crippen LogP contribution in [0.4, 0.5) is 5.95 Å². The van der Waals surface area contributed by atoms with E-state index in [4.69, 9.17) is 29.0 Å². The standard InChI is InChI=1S/C17H16Cl2N6S/c1-11-2-4-12(5-3-11)10-26-17-24-23-16(25(17)20)22-21-9-13-6-7-14(18)8-15(13)19/h2-9H,10,20H2,1H3,(H,22,23)/b21-9+. The number of aromatic nitrogens is 3. The largest absolute Gasteiger partial charge is 0.334 e. The van der Waals surface area contributed by atoms with Gasteiger partial charge in [-0.05, 0) is 24.6 Å². The summed E-state index contributed by atoms with van der Waals surface area (Å²) in [4.78, 5) is 0. The Balaban J connectivity index is 1.61. The third-order valence-corrected chi connectivity index (χ3v) is 5.06. The number of nitrogens with zero attached hydrogens (tertiary/aromatic N) is 4. The summed E-state index contributed by atoms with van der Waals surface area (Å²) >= 11 is 13.5. The molecule has 1 heterocycles. The van der Waals surface area contributed by atoms with Crippen molar-refractivity contribution in [2.45, 2.75) is 17.8 Å². The molecule has 0 fully saturated rings. The SMILES string of the molecule is Cc1ccc(CSc2nnc(N/N=C/c3ccc(Cl)cc3Cl)n2N)cc1. The van der Waals surface area contributed by atoms with Crippen LogP contribution in [0.2, 0.25) is 10.0 Å². The molecule has 3 aromatic rings. The fraction of sp³-hybridized carbons (Fsp3) is 0.118. The van der Waals surface area contributed by atoms with E-state index in [0.717, 1.165) is 11.3 Å². The van der Waals surface area contributed by atoms with Gasteiger partial charge < -0.3 is 5.84 Å². The Morgan fingerprint density at radius 1 is 1.19 bits per heavy atom. The molecule has 0 aliphatic rings. The first-order valence-corrected chi connectivity index (χ1v) is 9.40. The van der Waals surface area contributed by atoms with Gasteiger partial charge in [0.2, 0.25) is 5.16 Å². The molecule has 0 atom stereocenters. The van der Waals surface area contributed by atoms with Crippen LogP contribution in [0.25, 0.3) is 0 Å². The number of aryl methyl sites for hydroxylation is 1. The van der Waals surface area contributed by atoms with E-state index >= 15 is 0 Å². The van der Waals surface area contributed by atoms with Gasteiger partial charge in [-0.1, -0.05) is 70.9 Å². The molecule has 3 N–H and O–H groups in total. The molecule has 9 heteroatoms. The minimum atomic E-state index is 0.331. The van der Waals surface area contributed by atoms with E-state index < -0.39 is 0 Å². The number of halogens is 2. The van der Waals surface area contributed by atoms with Crippen LogP contribution in [0.1, 0.15) is 16.7 Å². The lowest BCUT2D eigenvalue weighted by atomic mass is 10.2. The Labute approximate surface area is 165 Å². The van der Waals surface area contributed by atoms with E-state index in [2.05, 4.69) is 51.9 Å². The lowest BCUT2D eigenvalue weighted by Crippen LogP contribution is -2.13. The summed E-state index contributed by atoms with van der Waals surface area (Å²) in [7, 11) is 0. The predicted octanol–water partition coefficient (Wildman–Crippen LogP) is 4.35. The van der Waals surface area contributed by atoms with Crippen LogP contribution in [0.3, 0.4) is 0 Å². The molecule has 0 spiro atoms. The van der Waals surface area contributed by atoms with Gasteiger partial charge in [0.05, 0.1) is 11.2 Å². The van der Waals surface area contributed by atoms with Gasteiger partial charge in [0.15, 0.2) is 0 Å². The number of anilines is 1. The molecule has 2 aromatic carbocycles. The van der Waals surface area contributed by atoms with Crippen molar-refractivity contribution in [2.24, 2.45) is 5.10 Å². The van der Waals surface area contributed by atoms with Gasteiger partial charge in [-0.25, -0.2) is 10.1 Å². The Morgan fingerprint density at radius 3 is 2.69 bits per heavy atom. The average Bonchev–Trinajstić information content (AvgIpc) is 2.96. The second-order valence-corrected chi connectivity index (χ2v) is 7.27. The van der Waals surface area contributed by atoms with E-state index in [9.17, 15) is 0 Å². The summed E-state index contributed by atoms with van der Waals surface area (Å²) in [5, 5.41) is 13.8. The lowest BCUT2D eigenvalue weighted by molar-refractivity contribution is 0.847. The predicted molar refractivity (Wildman–Crippen MR) is 109 cm³/mol. The number of hydrogen-bond acceptors (Lipinski definition) is 6. The number of nitrogens with two attached hydrogens (primary N) is 1. The molecule has 26 heavy (non-hydrogen) atoms. The monoisotopic (exact) mass is 406 g/mol. The first-order valence-electron chi connectivity index (χ1n) is 7.66. The lowest BCUT2D eigenvalue weighted by Gasteiger charge is -2.04. The fourth-order valence-electron chi connectivity index (χ4n) is 2.05. The molecule has 0 aliphatic carbocycles. The molecule has 6 nitrogen and oxygen atoms in total. The molecule has 134 valence electrons. The van der Waals surface area contributed by atoms with Crippen molar-refractivity contribution >= 4 is 47.1 Å². The van der Waals surface area contributed by atoms with Gasteiger partial charge in [-0.15, -0.1) is 10.2 Å². The molecule has 0 bridgehead atoms. The van der Waals surface area contributed by atoms with Crippen LogP contribution >= 0.6 is 35.0 Å². The molecule has 0 amide bonds. The second-order valence-electron chi connectivity index (χ2n) is 5.49. The van der Waals surface area contributed by atoms with Crippen LogP contribution < -0.4 is 11.3 Å². The van der Waals surface area contributed by atoms with Gasteiger partial charge in [0.25, 0.3) is 5.95 Å². The number of benzene rings is 2. The Hall–Kier alpha value is -2.22. The smallest absolute Gasteiger partial charge is 0.264 e. The van der Waals surface area contributed by atoms with Crippen LogP contribution in [0.15, 0.2) is 52.7 Å². The van der Waals surface area contributed by atoms with Gasteiger partial charge in [-0.3, -0.25) is 0 Å². The van der Waals surface area contributed by atoms with E-state index in [1.807, 2.05) is 0 Å². The zero-order chi connectivity index (χ0) is 18.5. The van der Waals surface area contributed by atoms with Gasteiger partial charge in [-0.2, -0.15) is 5.10 Å². The summed E-state index contributed by atoms with van der Waals surface area (Å²) in [5.41, 5.74) is 5.90. The normalized spacial score (nSPS) is 11.2. The zero-order valence-corrected chi connectivity index (χ0v) is 16.2. The quantitative estimate of drug-likeness (QED) is 0.275. The maximum Gasteiger partial charge on any atom is 0.264 e. The topological polar surface area (TPSA) is 81.1 Å². The Bertz CT molecular complexity index is 924. The van der Waals surface area contributed by atoms with E-state index in [1.165, 1.54) is 27.6 Å². The van der Waals surface area contributed by atoms with E-state index in [0.29, 0.717) is 21.2 Å². The molecule has 0 saturated heterocycles. The summed E-state index contributed by atoms with van der Waals surface area (Å²) in [6.45, 7) is 2.06. The van der Waals surface area contributed by atoms with Crippen molar-refractivity contribution in [2.75, 3.05) is 11.3 Å². The summed E-state index contributed by atoms with van der Waals surface area (Å²) in [6, 6.07) is 13.5. The maximum atomic E-state index is 6.09. The van der Waals surface area contributed by atoms with E-state index in [1.54, 1.807) is 24.4 Å². The molecule has 0 unspecified atom stereocenters. The molecule has 3 rings (SSSR count). The van der Waals surface area contributed by atoms with Crippen LogP contribution in [0, 0.1) is 6.92 Å². The number of rotatable bonds is 6. The highest BCUT2D eigenvalue weighted by atomic mass is 35.5. The molecule has 0 saturated carbocycles. The number of nitrogens with one attached hydrogen (secondary N) is 1. The van der Waals surface area contributed by atoms with Crippen molar-refractivity contribution in [1.82, 2.24) is 14.9 Å². The highest BCUT2D eigenvalue weighted by molar-refractivity contribution is 7.98. The zero-order valence-electron chi connectivity index (χ0n) is 13.9. The number of hydrogen-bond donors (Lipinski definition) is 2. The van der Waals surface area contributed by atoms with Crippen molar-refractivity contribution in [3.05, 3.63) is 69.2 Å². The minimum Gasteiger partial charge on any atom is -0.334 e. The Kier molecular flexibility index (Phi) is 6.03. The number of hydrazone groups is 1. The Morgan fingerprint density at radius 2 is 1.96 bits per heavy atom. The third kappa shape index (κ3) is 4.69.